The summed E-state index contributed by atoms with van der Waals surface area (Å²) in [5, 5.41) is 0. The average molecular weight is 443 g/mol. The Morgan fingerprint density at radius 3 is 1.45 bits per heavy atom. The van der Waals surface area contributed by atoms with Gasteiger partial charge in [-0.05, 0) is 30.7 Å². The van der Waals surface area contributed by atoms with E-state index in [9.17, 15) is 18.0 Å². The molecule has 1 aromatic rings. The number of halogens is 3. The monoisotopic (exact) mass is 442 g/mol. The van der Waals surface area contributed by atoms with E-state index < -0.39 is 17.7 Å². The zero-order valence-corrected chi connectivity index (χ0v) is 19.3. The van der Waals surface area contributed by atoms with Crippen molar-refractivity contribution in [2.24, 2.45) is 0 Å². The predicted octanol–water partition coefficient (Wildman–Crippen LogP) is 9.12. The van der Waals surface area contributed by atoms with E-state index >= 15 is 0 Å². The van der Waals surface area contributed by atoms with Crippen LogP contribution in [0, 0.1) is 0 Å². The van der Waals surface area contributed by atoms with Gasteiger partial charge in [0.15, 0.2) is 0 Å². The Hall–Kier alpha value is -1.52. The van der Waals surface area contributed by atoms with Gasteiger partial charge < -0.3 is 4.74 Å². The van der Waals surface area contributed by atoms with E-state index in [0.29, 0.717) is 6.61 Å². The SMILES string of the molecule is CCCCCCCCCCCCCCCCCCOC(=O)c1ccc(C(F)(F)F)cc1. The van der Waals surface area contributed by atoms with E-state index in [1.807, 2.05) is 0 Å². The number of alkyl halides is 3. The molecule has 0 aromatic heterocycles. The van der Waals surface area contributed by atoms with Crippen LogP contribution < -0.4 is 0 Å². The Morgan fingerprint density at radius 1 is 0.677 bits per heavy atom. The lowest BCUT2D eigenvalue weighted by Crippen LogP contribution is -2.08. The summed E-state index contributed by atoms with van der Waals surface area (Å²) < 4.78 is 42.7. The normalized spacial score (nSPS) is 11.6. The van der Waals surface area contributed by atoms with Crippen LogP contribution in [0.4, 0.5) is 13.2 Å². The van der Waals surface area contributed by atoms with Crippen molar-refractivity contribution in [3.8, 4) is 0 Å². The van der Waals surface area contributed by atoms with Crippen molar-refractivity contribution in [1.82, 2.24) is 0 Å². The lowest BCUT2D eigenvalue weighted by molar-refractivity contribution is -0.137. The van der Waals surface area contributed by atoms with Gasteiger partial charge in [-0.15, -0.1) is 0 Å². The molecule has 0 unspecified atom stereocenters. The highest BCUT2D eigenvalue weighted by atomic mass is 19.4. The van der Waals surface area contributed by atoms with Gasteiger partial charge in [0.25, 0.3) is 0 Å². The predicted molar refractivity (Wildman–Crippen MR) is 121 cm³/mol. The highest BCUT2D eigenvalue weighted by Crippen LogP contribution is 2.29. The molecule has 2 nitrogen and oxygen atoms in total. The van der Waals surface area contributed by atoms with Crippen molar-refractivity contribution in [1.29, 1.82) is 0 Å². The summed E-state index contributed by atoms with van der Waals surface area (Å²) in [6.45, 7) is 2.57. The standard InChI is InChI=1S/C26H41F3O2/c1-2-3-4-5-6-7-8-9-10-11-12-13-14-15-16-17-22-31-25(30)23-18-20-24(21-19-23)26(27,28)29/h18-21H,2-17,22H2,1H3. The molecule has 0 aliphatic carbocycles. The number of hydrogen-bond acceptors (Lipinski definition) is 2. The third-order valence-electron chi connectivity index (χ3n) is 5.68. The molecule has 0 saturated carbocycles. The zero-order valence-electron chi connectivity index (χ0n) is 19.3. The first-order valence-corrected chi connectivity index (χ1v) is 12.3. The lowest BCUT2D eigenvalue weighted by atomic mass is 10.0. The van der Waals surface area contributed by atoms with Crippen molar-refractivity contribution in [2.75, 3.05) is 6.61 Å². The van der Waals surface area contributed by atoms with E-state index in [1.54, 1.807) is 0 Å². The van der Waals surface area contributed by atoms with Gasteiger partial charge in [-0.3, -0.25) is 0 Å². The second kappa shape index (κ2) is 17.1. The molecule has 0 N–H and O–H groups in total. The van der Waals surface area contributed by atoms with Crippen LogP contribution in [-0.4, -0.2) is 12.6 Å². The summed E-state index contributed by atoms with van der Waals surface area (Å²) in [6.07, 6.45) is 16.1. The van der Waals surface area contributed by atoms with Crippen molar-refractivity contribution >= 4 is 5.97 Å². The number of unbranched alkanes of at least 4 members (excludes halogenated alkanes) is 15. The minimum atomic E-state index is -4.39. The fraction of sp³-hybridized carbons (Fsp3) is 0.731. The molecule has 0 bridgehead atoms. The Kier molecular flexibility index (Phi) is 15.2. The molecule has 0 radical (unpaired) electrons. The molecule has 1 rings (SSSR count). The smallest absolute Gasteiger partial charge is 0.416 e. The van der Waals surface area contributed by atoms with Gasteiger partial charge in [0.1, 0.15) is 0 Å². The average Bonchev–Trinajstić information content (AvgIpc) is 2.75. The molecule has 0 spiro atoms. The van der Waals surface area contributed by atoms with Crippen LogP contribution in [0.25, 0.3) is 0 Å². The van der Waals surface area contributed by atoms with Crippen LogP contribution in [0.15, 0.2) is 24.3 Å². The van der Waals surface area contributed by atoms with Gasteiger partial charge >= 0.3 is 12.1 Å². The Balaban J connectivity index is 1.89. The van der Waals surface area contributed by atoms with E-state index in [0.717, 1.165) is 31.4 Å². The molecular weight excluding hydrogens is 401 g/mol. The maximum atomic E-state index is 12.5. The number of carbonyl (C=O) groups is 1. The second-order valence-electron chi connectivity index (χ2n) is 8.51. The largest absolute Gasteiger partial charge is 0.462 e. The number of esters is 1. The highest BCUT2D eigenvalue weighted by molar-refractivity contribution is 5.89. The third kappa shape index (κ3) is 14.2. The molecule has 0 saturated heterocycles. The summed E-state index contributed by atoms with van der Waals surface area (Å²) in [6, 6.07) is 4.15. The summed E-state index contributed by atoms with van der Waals surface area (Å²) in [7, 11) is 0. The van der Waals surface area contributed by atoms with Gasteiger partial charge in [0, 0.05) is 0 Å². The topological polar surface area (TPSA) is 26.3 Å². The van der Waals surface area contributed by atoms with Crippen molar-refractivity contribution < 1.29 is 22.7 Å². The van der Waals surface area contributed by atoms with Gasteiger partial charge in [-0.2, -0.15) is 13.2 Å². The molecule has 5 heteroatoms. The summed E-state index contributed by atoms with van der Waals surface area (Å²) >= 11 is 0. The van der Waals surface area contributed by atoms with Crippen LogP contribution >= 0.6 is 0 Å². The van der Waals surface area contributed by atoms with Gasteiger partial charge in [-0.1, -0.05) is 103 Å². The molecule has 0 amide bonds. The maximum Gasteiger partial charge on any atom is 0.416 e. The van der Waals surface area contributed by atoms with Gasteiger partial charge in [-0.25, -0.2) is 4.79 Å². The summed E-state index contributed by atoms with van der Waals surface area (Å²) in [5.41, 5.74) is -0.605. The van der Waals surface area contributed by atoms with Crippen LogP contribution in [0.3, 0.4) is 0 Å². The van der Waals surface area contributed by atoms with E-state index in [-0.39, 0.29) is 5.56 Å². The Labute approximate surface area is 187 Å². The van der Waals surface area contributed by atoms with Gasteiger partial charge in [0.2, 0.25) is 0 Å². The van der Waals surface area contributed by atoms with Gasteiger partial charge in [0.05, 0.1) is 17.7 Å². The quantitative estimate of drug-likeness (QED) is 0.167. The molecule has 0 aliphatic heterocycles. The minimum absolute atomic E-state index is 0.157. The number of benzene rings is 1. The molecule has 0 aliphatic rings. The summed E-state index contributed by atoms with van der Waals surface area (Å²) in [4.78, 5) is 11.9. The molecule has 0 heterocycles. The van der Waals surface area contributed by atoms with E-state index in [1.165, 1.54) is 95.6 Å². The maximum absolute atomic E-state index is 12.5. The Morgan fingerprint density at radius 2 is 1.06 bits per heavy atom. The molecule has 0 fully saturated rings. The second-order valence-corrected chi connectivity index (χ2v) is 8.51. The molecule has 31 heavy (non-hydrogen) atoms. The zero-order chi connectivity index (χ0) is 22.8. The molecule has 1 aromatic carbocycles. The van der Waals surface area contributed by atoms with Crippen LogP contribution in [0.5, 0.6) is 0 Å². The molecular formula is C26H41F3O2. The van der Waals surface area contributed by atoms with E-state index in [4.69, 9.17) is 4.74 Å². The third-order valence-corrected chi connectivity index (χ3v) is 5.68. The Bertz CT molecular complexity index is 567. The van der Waals surface area contributed by atoms with Crippen molar-refractivity contribution in [3.63, 3.8) is 0 Å². The first-order valence-electron chi connectivity index (χ1n) is 12.3. The fourth-order valence-corrected chi connectivity index (χ4v) is 3.69. The van der Waals surface area contributed by atoms with E-state index in [2.05, 4.69) is 6.92 Å². The first-order chi connectivity index (χ1) is 14.9. The molecule has 178 valence electrons. The van der Waals surface area contributed by atoms with Crippen LogP contribution in [-0.2, 0) is 10.9 Å². The van der Waals surface area contributed by atoms with Crippen LogP contribution in [0.2, 0.25) is 0 Å². The molecule has 0 atom stereocenters. The highest BCUT2D eigenvalue weighted by Gasteiger charge is 2.30. The van der Waals surface area contributed by atoms with Crippen LogP contribution in [0.1, 0.15) is 126 Å². The first kappa shape index (κ1) is 27.5. The fourth-order valence-electron chi connectivity index (χ4n) is 3.69. The van der Waals surface area contributed by atoms with Crippen molar-refractivity contribution in [3.05, 3.63) is 35.4 Å². The number of rotatable bonds is 18. The lowest BCUT2D eigenvalue weighted by Gasteiger charge is -2.08. The number of ether oxygens (including phenoxy) is 1. The number of hydrogen-bond donors (Lipinski definition) is 0. The minimum Gasteiger partial charge on any atom is -0.462 e. The number of carbonyl (C=O) groups excluding carboxylic acids is 1. The summed E-state index contributed by atoms with van der Waals surface area (Å²) in [5.74, 6) is -0.560. The van der Waals surface area contributed by atoms with Crippen molar-refractivity contribution in [2.45, 2.75) is 116 Å².